The smallest absolute Gasteiger partial charge is 0.273 e. The van der Waals surface area contributed by atoms with Crippen LogP contribution in [0.2, 0.25) is 0 Å². The van der Waals surface area contributed by atoms with Gasteiger partial charge in [-0.1, -0.05) is 11.2 Å². The normalized spacial score (nSPS) is 18.8. The zero-order chi connectivity index (χ0) is 19.6. The fraction of sp³-hybridized carbons (Fsp3) is 0.200. The molecule has 0 spiro atoms. The molecule has 29 heavy (non-hydrogen) atoms. The van der Waals surface area contributed by atoms with Crippen molar-refractivity contribution >= 4 is 17.2 Å². The first-order valence-electron chi connectivity index (χ1n) is 9.11. The summed E-state index contributed by atoms with van der Waals surface area (Å²) in [6, 6.07) is 7.58. The summed E-state index contributed by atoms with van der Waals surface area (Å²) in [6.45, 7) is 1.02. The number of amides is 1. The van der Waals surface area contributed by atoms with Crippen molar-refractivity contribution in [1.82, 2.24) is 30.0 Å². The van der Waals surface area contributed by atoms with Crippen molar-refractivity contribution in [2.24, 2.45) is 0 Å². The third kappa shape index (κ3) is 3.40. The molecule has 144 valence electrons. The van der Waals surface area contributed by atoms with Crippen molar-refractivity contribution in [2.45, 2.75) is 11.8 Å². The Morgan fingerprint density at radius 1 is 1.10 bits per heavy atom. The summed E-state index contributed by atoms with van der Waals surface area (Å²) in [5.41, 5.74) is 4.00. The van der Waals surface area contributed by atoms with Gasteiger partial charge in [-0.3, -0.25) is 14.8 Å². The quantitative estimate of drug-likeness (QED) is 0.516. The minimum atomic E-state index is -0.120. The highest BCUT2D eigenvalue weighted by Gasteiger charge is 2.41. The van der Waals surface area contributed by atoms with Gasteiger partial charge >= 0.3 is 0 Å². The number of rotatable bonds is 4. The summed E-state index contributed by atoms with van der Waals surface area (Å²) in [4.78, 5) is 31.7. The molecule has 1 saturated heterocycles. The van der Waals surface area contributed by atoms with Crippen molar-refractivity contribution in [1.29, 1.82) is 0 Å². The molecule has 0 radical (unpaired) electrons. The molecule has 2 unspecified atom stereocenters. The molecule has 1 aliphatic rings. The monoisotopic (exact) mass is 404 g/mol. The van der Waals surface area contributed by atoms with E-state index in [-0.39, 0.29) is 17.7 Å². The van der Waals surface area contributed by atoms with Crippen LogP contribution in [-0.2, 0) is 0 Å². The lowest BCUT2D eigenvalue weighted by atomic mass is 9.90. The molecule has 4 aromatic rings. The molecule has 0 saturated carbocycles. The minimum absolute atomic E-state index is 0.0111. The third-order valence-corrected chi connectivity index (χ3v) is 5.66. The topological polar surface area (TPSA) is 97.9 Å². The number of aromatic nitrogens is 5. The molecule has 2 atom stereocenters. The number of carbonyl (C=O) groups is 1. The first-order valence-corrected chi connectivity index (χ1v) is 10.1. The van der Waals surface area contributed by atoms with Crippen LogP contribution in [0, 0.1) is 0 Å². The highest BCUT2D eigenvalue weighted by molar-refractivity contribution is 7.07. The van der Waals surface area contributed by atoms with Crippen LogP contribution in [0.3, 0.4) is 0 Å². The van der Waals surface area contributed by atoms with Crippen LogP contribution < -0.4 is 0 Å². The van der Waals surface area contributed by atoms with Gasteiger partial charge in [0.2, 0.25) is 11.7 Å². The highest BCUT2D eigenvalue weighted by atomic mass is 32.1. The first kappa shape index (κ1) is 17.6. The average molecular weight is 404 g/mol. The van der Waals surface area contributed by atoms with E-state index < -0.39 is 0 Å². The zero-order valence-corrected chi connectivity index (χ0v) is 16.1. The molecule has 0 N–H and O–H groups in total. The average Bonchev–Trinajstić information content (AvgIpc) is 3.55. The standard InChI is InChI=1S/C20H16N6O2S/c27-20(17-11-29-12-23-17)26-9-15(14-2-1-5-22-8-14)16(10-26)19-24-18(25-28-19)13-3-6-21-7-4-13/h1-8,11-12,15-16H,9-10H2. The van der Waals surface area contributed by atoms with E-state index in [0.717, 1.165) is 11.1 Å². The van der Waals surface area contributed by atoms with Gasteiger partial charge in [0.1, 0.15) is 5.69 Å². The predicted octanol–water partition coefficient (Wildman–Crippen LogP) is 3.01. The summed E-state index contributed by atoms with van der Waals surface area (Å²) in [5.74, 6) is 0.828. The van der Waals surface area contributed by atoms with Gasteiger partial charge in [0.25, 0.3) is 5.91 Å². The molecule has 5 rings (SSSR count). The van der Waals surface area contributed by atoms with E-state index in [4.69, 9.17) is 4.52 Å². The zero-order valence-electron chi connectivity index (χ0n) is 15.3. The van der Waals surface area contributed by atoms with Crippen LogP contribution in [0.5, 0.6) is 0 Å². The molecule has 0 aliphatic carbocycles. The van der Waals surface area contributed by atoms with E-state index >= 15 is 0 Å². The van der Waals surface area contributed by atoms with Gasteiger partial charge < -0.3 is 9.42 Å². The fourth-order valence-electron chi connectivity index (χ4n) is 3.64. The number of likely N-dealkylation sites (tertiary alicyclic amines) is 1. The van der Waals surface area contributed by atoms with Gasteiger partial charge in [-0.15, -0.1) is 11.3 Å². The Bertz CT molecular complexity index is 1100. The minimum Gasteiger partial charge on any atom is -0.339 e. The van der Waals surface area contributed by atoms with Gasteiger partial charge in [-0.05, 0) is 23.8 Å². The number of hydrogen-bond donors (Lipinski definition) is 0. The number of nitrogens with zero attached hydrogens (tertiary/aromatic N) is 6. The van der Waals surface area contributed by atoms with Crippen LogP contribution >= 0.6 is 11.3 Å². The Labute approximate surface area is 170 Å². The Morgan fingerprint density at radius 3 is 2.72 bits per heavy atom. The van der Waals surface area contributed by atoms with Gasteiger partial charge in [-0.25, -0.2) is 4.98 Å². The van der Waals surface area contributed by atoms with Crippen LogP contribution in [0.1, 0.15) is 33.8 Å². The van der Waals surface area contributed by atoms with Gasteiger partial charge in [0.15, 0.2) is 0 Å². The Hall–Kier alpha value is -3.46. The highest BCUT2D eigenvalue weighted by Crippen LogP contribution is 2.39. The van der Waals surface area contributed by atoms with Crippen LogP contribution in [0.25, 0.3) is 11.4 Å². The molecule has 4 aromatic heterocycles. The SMILES string of the molecule is O=C(c1cscn1)N1CC(c2cccnc2)C(c2nc(-c3ccncc3)no2)C1. The Morgan fingerprint density at radius 2 is 1.97 bits per heavy atom. The van der Waals surface area contributed by atoms with Crippen LogP contribution in [0.4, 0.5) is 0 Å². The molecular weight excluding hydrogens is 388 g/mol. The summed E-state index contributed by atoms with van der Waals surface area (Å²) < 4.78 is 5.62. The van der Waals surface area contributed by atoms with Gasteiger partial charge in [0.05, 0.1) is 11.4 Å². The summed E-state index contributed by atoms with van der Waals surface area (Å²) in [7, 11) is 0. The largest absolute Gasteiger partial charge is 0.339 e. The maximum atomic E-state index is 12.9. The maximum Gasteiger partial charge on any atom is 0.273 e. The predicted molar refractivity (Wildman–Crippen MR) is 105 cm³/mol. The second-order valence-corrected chi connectivity index (χ2v) is 7.49. The second kappa shape index (κ2) is 7.51. The lowest BCUT2D eigenvalue weighted by Crippen LogP contribution is -2.29. The molecular formula is C20H16N6O2S. The van der Waals surface area contributed by atoms with Crippen molar-refractivity contribution < 1.29 is 9.32 Å². The van der Waals surface area contributed by atoms with E-state index in [1.807, 2.05) is 30.5 Å². The number of carbonyl (C=O) groups excluding carboxylic acids is 1. The molecule has 1 fully saturated rings. The number of pyridine rings is 2. The van der Waals surface area contributed by atoms with Crippen LogP contribution in [0.15, 0.2) is 64.5 Å². The maximum absolute atomic E-state index is 12.9. The fourth-order valence-corrected chi connectivity index (χ4v) is 4.16. The molecule has 9 heteroatoms. The molecule has 1 aliphatic heterocycles. The van der Waals surface area contributed by atoms with Gasteiger partial charge in [0, 0.05) is 54.7 Å². The second-order valence-electron chi connectivity index (χ2n) is 6.78. The van der Waals surface area contributed by atoms with E-state index in [9.17, 15) is 4.79 Å². The third-order valence-electron chi connectivity index (χ3n) is 5.07. The Kier molecular flexibility index (Phi) is 4.57. The van der Waals surface area contributed by atoms with Crippen molar-refractivity contribution in [3.8, 4) is 11.4 Å². The molecule has 1 amide bonds. The Balaban J connectivity index is 1.47. The summed E-state index contributed by atoms with van der Waals surface area (Å²) >= 11 is 1.41. The first-order chi connectivity index (χ1) is 14.3. The van der Waals surface area contributed by atoms with Crippen molar-refractivity contribution in [3.63, 3.8) is 0 Å². The van der Waals surface area contributed by atoms with E-state index in [0.29, 0.717) is 30.5 Å². The van der Waals surface area contributed by atoms with Crippen molar-refractivity contribution in [2.75, 3.05) is 13.1 Å². The summed E-state index contributed by atoms with van der Waals surface area (Å²) in [5, 5.41) is 5.90. The number of hydrogen-bond acceptors (Lipinski definition) is 8. The molecule has 0 aromatic carbocycles. The summed E-state index contributed by atoms with van der Waals surface area (Å²) in [6.07, 6.45) is 6.94. The van der Waals surface area contributed by atoms with E-state index in [1.54, 1.807) is 34.4 Å². The molecule has 5 heterocycles. The van der Waals surface area contributed by atoms with Crippen LogP contribution in [-0.4, -0.2) is 49.0 Å². The van der Waals surface area contributed by atoms with Crippen molar-refractivity contribution in [3.05, 3.63) is 77.1 Å². The lowest BCUT2D eigenvalue weighted by Gasteiger charge is -2.15. The molecule has 8 nitrogen and oxygen atoms in total. The van der Waals surface area contributed by atoms with Gasteiger partial charge in [-0.2, -0.15) is 4.98 Å². The van der Waals surface area contributed by atoms with E-state index in [1.165, 1.54) is 11.3 Å². The molecule has 0 bridgehead atoms. The number of thiazole rings is 1. The lowest BCUT2D eigenvalue weighted by molar-refractivity contribution is 0.0783. The van der Waals surface area contributed by atoms with E-state index in [2.05, 4.69) is 25.1 Å².